The number of halogens is 3. The molecule has 1 aromatic carbocycles. The van der Waals surface area contributed by atoms with Crippen molar-refractivity contribution in [1.29, 1.82) is 0 Å². The van der Waals surface area contributed by atoms with Crippen LogP contribution in [0.15, 0.2) is 18.2 Å². The molecule has 5 heteroatoms. The van der Waals surface area contributed by atoms with Crippen LogP contribution in [0.2, 0.25) is 10.0 Å². The Balaban J connectivity index is 0.00000400. The summed E-state index contributed by atoms with van der Waals surface area (Å²) in [6.45, 7) is 3.73. The number of aliphatic hydroxyl groups excluding tert-OH is 1. The highest BCUT2D eigenvalue weighted by atomic mass is 35.5. The number of rotatable bonds is 10. The van der Waals surface area contributed by atoms with Crippen molar-refractivity contribution in [3.05, 3.63) is 33.8 Å². The van der Waals surface area contributed by atoms with E-state index in [1.54, 1.807) is 12.1 Å². The van der Waals surface area contributed by atoms with Crippen LogP contribution in [-0.4, -0.2) is 18.2 Å². The summed E-state index contributed by atoms with van der Waals surface area (Å²) in [6, 6.07) is 5.25. The molecule has 0 bridgehead atoms. The molecular formula is C16H26Cl3NO. The van der Waals surface area contributed by atoms with Gasteiger partial charge in [-0.05, 0) is 30.7 Å². The second-order valence-electron chi connectivity index (χ2n) is 5.16. The standard InChI is InChI=1S/C16H25Cl2NO.ClH/c1-2-3-4-5-6-7-10-19-12-16(20)13-8-9-14(17)15(18)11-13;/h8-9,11,16,19-20H,2-7,10,12H2,1H3;1H. The molecule has 0 aliphatic heterocycles. The highest BCUT2D eigenvalue weighted by molar-refractivity contribution is 6.42. The molecule has 0 saturated carbocycles. The second-order valence-corrected chi connectivity index (χ2v) is 5.98. The zero-order valence-corrected chi connectivity index (χ0v) is 14.9. The van der Waals surface area contributed by atoms with Crippen LogP contribution in [-0.2, 0) is 0 Å². The normalized spacial score (nSPS) is 12.0. The summed E-state index contributed by atoms with van der Waals surface area (Å²) >= 11 is 11.8. The van der Waals surface area contributed by atoms with Crippen LogP contribution in [0.1, 0.15) is 57.1 Å². The van der Waals surface area contributed by atoms with Crippen LogP contribution in [0.4, 0.5) is 0 Å². The van der Waals surface area contributed by atoms with Gasteiger partial charge in [0.2, 0.25) is 0 Å². The molecule has 0 amide bonds. The monoisotopic (exact) mass is 353 g/mol. The van der Waals surface area contributed by atoms with E-state index in [2.05, 4.69) is 12.2 Å². The molecule has 0 aromatic heterocycles. The Labute approximate surface area is 144 Å². The van der Waals surface area contributed by atoms with Crippen molar-refractivity contribution in [3.63, 3.8) is 0 Å². The Morgan fingerprint density at radius 3 is 2.38 bits per heavy atom. The fourth-order valence-electron chi connectivity index (χ4n) is 2.11. The summed E-state index contributed by atoms with van der Waals surface area (Å²) in [5.41, 5.74) is 0.801. The number of benzene rings is 1. The summed E-state index contributed by atoms with van der Waals surface area (Å²) in [5, 5.41) is 14.3. The minimum atomic E-state index is -0.537. The number of unbranched alkanes of at least 4 members (excludes halogenated alkanes) is 5. The van der Waals surface area contributed by atoms with Crippen LogP contribution in [0, 0.1) is 0 Å². The molecule has 0 spiro atoms. The Bertz CT molecular complexity index is 388. The van der Waals surface area contributed by atoms with Gasteiger partial charge in [-0.3, -0.25) is 0 Å². The van der Waals surface area contributed by atoms with Crippen molar-refractivity contribution < 1.29 is 5.11 Å². The third kappa shape index (κ3) is 8.90. The van der Waals surface area contributed by atoms with Gasteiger partial charge in [-0.25, -0.2) is 0 Å². The Kier molecular flexibility index (Phi) is 12.5. The zero-order chi connectivity index (χ0) is 14.8. The van der Waals surface area contributed by atoms with E-state index in [4.69, 9.17) is 23.2 Å². The average molecular weight is 355 g/mol. The summed E-state index contributed by atoms with van der Waals surface area (Å²) in [4.78, 5) is 0. The maximum atomic E-state index is 10.0. The average Bonchev–Trinajstić information content (AvgIpc) is 2.44. The van der Waals surface area contributed by atoms with Crippen LogP contribution in [0.25, 0.3) is 0 Å². The lowest BCUT2D eigenvalue weighted by molar-refractivity contribution is 0.174. The Morgan fingerprint density at radius 2 is 1.71 bits per heavy atom. The van der Waals surface area contributed by atoms with Gasteiger partial charge in [0, 0.05) is 6.54 Å². The quantitative estimate of drug-likeness (QED) is 0.551. The summed E-state index contributed by atoms with van der Waals surface area (Å²) in [6.07, 6.45) is 7.16. The molecule has 0 aliphatic carbocycles. The van der Waals surface area contributed by atoms with E-state index in [-0.39, 0.29) is 12.4 Å². The molecule has 1 rings (SSSR count). The maximum Gasteiger partial charge on any atom is 0.0914 e. The van der Waals surface area contributed by atoms with Gasteiger partial charge in [0.25, 0.3) is 0 Å². The Hall–Kier alpha value is 0.01000. The first-order valence-electron chi connectivity index (χ1n) is 7.49. The van der Waals surface area contributed by atoms with Crippen molar-refractivity contribution in [3.8, 4) is 0 Å². The number of hydrogen-bond donors (Lipinski definition) is 2. The van der Waals surface area contributed by atoms with Gasteiger partial charge in [-0.2, -0.15) is 0 Å². The van der Waals surface area contributed by atoms with Crippen molar-refractivity contribution in [2.24, 2.45) is 0 Å². The molecule has 0 saturated heterocycles. The fourth-order valence-corrected chi connectivity index (χ4v) is 2.41. The van der Waals surface area contributed by atoms with Crippen LogP contribution in [0.3, 0.4) is 0 Å². The highest BCUT2D eigenvalue weighted by Crippen LogP contribution is 2.25. The maximum absolute atomic E-state index is 10.0. The van der Waals surface area contributed by atoms with Crippen molar-refractivity contribution in [2.45, 2.75) is 51.6 Å². The largest absolute Gasteiger partial charge is 0.387 e. The van der Waals surface area contributed by atoms with Gasteiger partial charge < -0.3 is 10.4 Å². The van der Waals surface area contributed by atoms with Crippen LogP contribution in [0.5, 0.6) is 0 Å². The minimum Gasteiger partial charge on any atom is -0.387 e. The molecule has 0 aliphatic rings. The molecule has 2 N–H and O–H groups in total. The summed E-state index contributed by atoms with van der Waals surface area (Å²) in [7, 11) is 0. The highest BCUT2D eigenvalue weighted by Gasteiger charge is 2.08. The molecule has 2 nitrogen and oxygen atoms in total. The lowest BCUT2D eigenvalue weighted by Gasteiger charge is -2.13. The first-order valence-corrected chi connectivity index (χ1v) is 8.24. The summed E-state index contributed by atoms with van der Waals surface area (Å²) < 4.78 is 0. The topological polar surface area (TPSA) is 32.3 Å². The third-order valence-corrected chi connectivity index (χ3v) is 4.11. The van der Waals surface area contributed by atoms with Crippen LogP contribution >= 0.6 is 35.6 Å². The predicted molar refractivity (Wildman–Crippen MR) is 94.9 cm³/mol. The van der Waals surface area contributed by atoms with Gasteiger partial charge >= 0.3 is 0 Å². The van der Waals surface area contributed by atoms with E-state index < -0.39 is 6.10 Å². The number of hydrogen-bond acceptors (Lipinski definition) is 2. The number of nitrogens with one attached hydrogen (secondary N) is 1. The van der Waals surface area contributed by atoms with Crippen molar-refractivity contribution in [2.75, 3.05) is 13.1 Å². The molecule has 1 atom stereocenters. The third-order valence-electron chi connectivity index (χ3n) is 3.37. The van der Waals surface area contributed by atoms with Crippen molar-refractivity contribution >= 4 is 35.6 Å². The van der Waals surface area contributed by atoms with E-state index in [1.165, 1.54) is 32.1 Å². The first-order chi connectivity index (χ1) is 9.65. The Morgan fingerprint density at radius 1 is 1.05 bits per heavy atom. The van der Waals surface area contributed by atoms with Crippen LogP contribution < -0.4 is 5.32 Å². The van der Waals surface area contributed by atoms with Gasteiger partial charge in [-0.15, -0.1) is 12.4 Å². The zero-order valence-electron chi connectivity index (χ0n) is 12.6. The van der Waals surface area contributed by atoms with Gasteiger partial charge in [0.1, 0.15) is 0 Å². The van der Waals surface area contributed by atoms with Gasteiger partial charge in [-0.1, -0.05) is 68.3 Å². The van der Waals surface area contributed by atoms with Gasteiger partial charge in [0.15, 0.2) is 0 Å². The van der Waals surface area contributed by atoms with E-state index in [0.717, 1.165) is 18.5 Å². The van der Waals surface area contributed by atoms with E-state index >= 15 is 0 Å². The molecular weight excluding hydrogens is 329 g/mol. The predicted octanol–water partition coefficient (Wildman–Crippen LogP) is 5.40. The molecule has 0 radical (unpaired) electrons. The lowest BCUT2D eigenvalue weighted by Crippen LogP contribution is -2.22. The minimum absolute atomic E-state index is 0. The SMILES string of the molecule is CCCCCCCCNCC(O)c1ccc(Cl)c(Cl)c1.Cl. The van der Waals surface area contributed by atoms with E-state index in [0.29, 0.717) is 16.6 Å². The second kappa shape index (κ2) is 12.5. The first kappa shape index (κ1) is 21.0. The van der Waals surface area contributed by atoms with E-state index in [9.17, 15) is 5.11 Å². The molecule has 1 aromatic rings. The molecule has 0 heterocycles. The molecule has 21 heavy (non-hydrogen) atoms. The fraction of sp³-hybridized carbons (Fsp3) is 0.625. The molecule has 0 fully saturated rings. The lowest BCUT2D eigenvalue weighted by atomic mass is 10.1. The smallest absolute Gasteiger partial charge is 0.0914 e. The molecule has 1 unspecified atom stereocenters. The van der Waals surface area contributed by atoms with Crippen molar-refractivity contribution in [1.82, 2.24) is 5.32 Å². The van der Waals surface area contributed by atoms with Gasteiger partial charge in [0.05, 0.1) is 16.1 Å². The summed E-state index contributed by atoms with van der Waals surface area (Å²) in [5.74, 6) is 0. The molecule has 122 valence electrons. The number of aliphatic hydroxyl groups is 1. The van der Waals surface area contributed by atoms with E-state index in [1.807, 2.05) is 6.07 Å².